The Morgan fingerprint density at radius 1 is 1.04 bits per heavy atom. The van der Waals surface area contributed by atoms with Crippen molar-refractivity contribution in [2.75, 3.05) is 12.1 Å². The fraction of sp³-hybridized carbons (Fsp3) is 0.111. The van der Waals surface area contributed by atoms with E-state index >= 15 is 0 Å². The SMILES string of the molecule is COc1ccc(Cl)cc1/C=C1\C(=O)N(c2c(F)c(F)c(F)c(F)c2F)N=C1C. The molecule has 0 N–H and O–H groups in total. The number of ether oxygens (including phenoxy) is 1. The molecule has 0 saturated heterocycles. The molecule has 1 aliphatic rings. The van der Waals surface area contributed by atoms with Crippen LogP contribution in [0.15, 0.2) is 28.9 Å². The van der Waals surface area contributed by atoms with Crippen molar-refractivity contribution in [2.45, 2.75) is 6.92 Å². The maximum Gasteiger partial charge on any atom is 0.280 e. The molecule has 0 unspecified atom stereocenters. The van der Waals surface area contributed by atoms with Gasteiger partial charge in [0.05, 0.1) is 18.4 Å². The number of halogens is 6. The van der Waals surface area contributed by atoms with Gasteiger partial charge in [-0.05, 0) is 31.2 Å². The van der Waals surface area contributed by atoms with Crippen molar-refractivity contribution in [2.24, 2.45) is 5.10 Å². The average molecular weight is 417 g/mol. The van der Waals surface area contributed by atoms with Crippen molar-refractivity contribution in [3.63, 3.8) is 0 Å². The molecule has 1 amide bonds. The number of benzene rings is 2. The highest BCUT2D eigenvalue weighted by Crippen LogP contribution is 2.34. The molecule has 0 radical (unpaired) electrons. The Morgan fingerprint density at radius 2 is 1.61 bits per heavy atom. The average Bonchev–Trinajstić information content (AvgIpc) is 2.93. The van der Waals surface area contributed by atoms with E-state index in [0.717, 1.165) is 0 Å². The summed E-state index contributed by atoms with van der Waals surface area (Å²) in [5.41, 5.74) is -1.24. The van der Waals surface area contributed by atoms with Crippen LogP contribution in [0, 0.1) is 29.1 Å². The van der Waals surface area contributed by atoms with Gasteiger partial charge in [-0.25, -0.2) is 22.0 Å². The number of anilines is 1. The summed E-state index contributed by atoms with van der Waals surface area (Å²) in [6.07, 6.45) is 1.29. The summed E-state index contributed by atoms with van der Waals surface area (Å²) in [6.45, 7) is 1.34. The van der Waals surface area contributed by atoms with E-state index in [2.05, 4.69) is 5.10 Å². The zero-order valence-electron chi connectivity index (χ0n) is 14.3. The number of amides is 1. The number of methoxy groups -OCH3 is 1. The second-order valence-electron chi connectivity index (χ2n) is 5.67. The van der Waals surface area contributed by atoms with E-state index < -0.39 is 40.7 Å². The Labute approximate surface area is 160 Å². The Morgan fingerprint density at radius 3 is 2.18 bits per heavy atom. The first kappa shape index (κ1) is 19.8. The highest BCUT2D eigenvalue weighted by atomic mass is 35.5. The minimum atomic E-state index is -2.33. The van der Waals surface area contributed by atoms with Gasteiger partial charge in [0.2, 0.25) is 5.82 Å². The quantitative estimate of drug-likeness (QED) is 0.311. The Bertz CT molecular complexity index is 1040. The number of hydrogen-bond donors (Lipinski definition) is 0. The van der Waals surface area contributed by atoms with Crippen LogP contribution in [0.4, 0.5) is 27.6 Å². The summed E-state index contributed by atoms with van der Waals surface area (Å²) in [5.74, 6) is -11.8. The molecular formula is C18H10ClF5N2O2. The standard InChI is InChI=1S/C18H10ClF5N2O2/c1-7-10(6-8-5-9(19)3-4-11(8)28-2)18(27)26(25-7)17-15(23)13(21)12(20)14(22)16(17)24/h3-6H,1-2H3/b10-6-. The molecule has 0 spiro atoms. The molecule has 1 aliphatic heterocycles. The molecule has 0 fully saturated rings. The Kier molecular flexibility index (Phi) is 5.12. The van der Waals surface area contributed by atoms with Crippen LogP contribution in [0.5, 0.6) is 5.75 Å². The summed E-state index contributed by atoms with van der Waals surface area (Å²) in [6, 6.07) is 4.54. The lowest BCUT2D eigenvalue weighted by Crippen LogP contribution is -2.25. The van der Waals surface area contributed by atoms with E-state index in [1.807, 2.05) is 0 Å². The second-order valence-corrected chi connectivity index (χ2v) is 6.10. The number of carbonyl (C=O) groups excluding carboxylic acids is 1. The highest BCUT2D eigenvalue weighted by molar-refractivity contribution is 6.33. The maximum atomic E-state index is 14.0. The molecular weight excluding hydrogens is 407 g/mol. The zero-order chi connectivity index (χ0) is 20.7. The van der Waals surface area contributed by atoms with Gasteiger partial charge in [0.15, 0.2) is 23.3 Å². The van der Waals surface area contributed by atoms with Gasteiger partial charge in [-0.3, -0.25) is 4.79 Å². The van der Waals surface area contributed by atoms with Gasteiger partial charge in [-0.1, -0.05) is 11.6 Å². The third-order valence-electron chi connectivity index (χ3n) is 3.95. The monoisotopic (exact) mass is 416 g/mol. The van der Waals surface area contributed by atoms with Crippen molar-refractivity contribution in [3.05, 3.63) is 63.4 Å². The molecule has 0 aliphatic carbocycles. The van der Waals surface area contributed by atoms with Crippen LogP contribution in [0.1, 0.15) is 12.5 Å². The van der Waals surface area contributed by atoms with E-state index in [0.29, 0.717) is 16.3 Å². The van der Waals surface area contributed by atoms with Crippen LogP contribution in [-0.2, 0) is 4.79 Å². The Hall–Kier alpha value is -2.94. The molecule has 3 rings (SSSR count). The van der Waals surface area contributed by atoms with Crippen LogP contribution in [0.2, 0.25) is 5.02 Å². The summed E-state index contributed by atoms with van der Waals surface area (Å²) in [5, 5.41) is 4.11. The third-order valence-corrected chi connectivity index (χ3v) is 4.19. The van der Waals surface area contributed by atoms with Crippen molar-refractivity contribution >= 4 is 35.0 Å². The van der Waals surface area contributed by atoms with E-state index in [1.54, 1.807) is 6.07 Å². The maximum absolute atomic E-state index is 14.0. The lowest BCUT2D eigenvalue weighted by molar-refractivity contribution is -0.114. The van der Waals surface area contributed by atoms with Crippen LogP contribution in [0.25, 0.3) is 6.08 Å². The van der Waals surface area contributed by atoms with Gasteiger partial charge in [0.1, 0.15) is 11.4 Å². The van der Waals surface area contributed by atoms with Gasteiger partial charge >= 0.3 is 0 Å². The minimum Gasteiger partial charge on any atom is -0.496 e. The van der Waals surface area contributed by atoms with Gasteiger partial charge < -0.3 is 4.74 Å². The number of carbonyl (C=O) groups is 1. The number of rotatable bonds is 3. The molecule has 28 heavy (non-hydrogen) atoms. The van der Waals surface area contributed by atoms with E-state index in [4.69, 9.17) is 16.3 Å². The third kappa shape index (κ3) is 3.11. The smallest absolute Gasteiger partial charge is 0.280 e. The molecule has 1 heterocycles. The first-order valence-corrected chi connectivity index (χ1v) is 8.01. The predicted octanol–water partition coefficient (Wildman–Crippen LogP) is 4.85. The van der Waals surface area contributed by atoms with Crippen LogP contribution in [-0.4, -0.2) is 18.7 Å². The molecule has 4 nitrogen and oxygen atoms in total. The predicted molar refractivity (Wildman–Crippen MR) is 92.8 cm³/mol. The molecule has 0 bridgehead atoms. The van der Waals surface area contributed by atoms with E-state index in [9.17, 15) is 26.7 Å². The second kappa shape index (κ2) is 7.23. The summed E-state index contributed by atoms with van der Waals surface area (Å²) < 4.78 is 73.4. The van der Waals surface area contributed by atoms with Gasteiger partial charge in [0, 0.05) is 10.6 Å². The summed E-state index contributed by atoms with van der Waals surface area (Å²) >= 11 is 5.92. The first-order chi connectivity index (χ1) is 13.2. The lowest BCUT2D eigenvalue weighted by Gasteiger charge is -2.15. The molecule has 0 saturated carbocycles. The van der Waals surface area contributed by atoms with Crippen molar-refractivity contribution in [3.8, 4) is 5.75 Å². The normalized spacial score (nSPS) is 15.4. The molecule has 2 aromatic carbocycles. The Balaban J connectivity index is 2.12. The van der Waals surface area contributed by atoms with Crippen molar-refractivity contribution in [1.29, 1.82) is 0 Å². The molecule has 2 aromatic rings. The molecule has 0 atom stereocenters. The van der Waals surface area contributed by atoms with Gasteiger partial charge in [-0.2, -0.15) is 10.1 Å². The topological polar surface area (TPSA) is 41.9 Å². The fourth-order valence-corrected chi connectivity index (χ4v) is 2.77. The number of hydrazone groups is 1. The van der Waals surface area contributed by atoms with Gasteiger partial charge in [0.25, 0.3) is 5.91 Å². The van der Waals surface area contributed by atoms with Crippen LogP contribution < -0.4 is 9.75 Å². The lowest BCUT2D eigenvalue weighted by atomic mass is 10.1. The highest BCUT2D eigenvalue weighted by Gasteiger charge is 2.37. The van der Waals surface area contributed by atoms with E-state index in [1.165, 1.54) is 32.2 Å². The number of hydrogen-bond acceptors (Lipinski definition) is 3. The molecule has 0 aromatic heterocycles. The minimum absolute atomic E-state index is 0.00373. The largest absolute Gasteiger partial charge is 0.496 e. The number of nitrogens with zero attached hydrogens (tertiary/aromatic N) is 2. The summed E-state index contributed by atoms with van der Waals surface area (Å²) in [7, 11) is 1.38. The van der Waals surface area contributed by atoms with Crippen molar-refractivity contribution in [1.82, 2.24) is 0 Å². The molecule has 10 heteroatoms. The summed E-state index contributed by atoms with van der Waals surface area (Å²) in [4.78, 5) is 12.6. The first-order valence-electron chi connectivity index (χ1n) is 7.64. The molecule has 146 valence electrons. The zero-order valence-corrected chi connectivity index (χ0v) is 15.0. The van der Waals surface area contributed by atoms with Gasteiger partial charge in [-0.15, -0.1) is 0 Å². The van der Waals surface area contributed by atoms with Crippen LogP contribution >= 0.6 is 11.6 Å². The van der Waals surface area contributed by atoms with E-state index in [-0.39, 0.29) is 16.3 Å². The van der Waals surface area contributed by atoms with Crippen LogP contribution in [0.3, 0.4) is 0 Å². The fourth-order valence-electron chi connectivity index (χ4n) is 2.59. The van der Waals surface area contributed by atoms with Crippen molar-refractivity contribution < 1.29 is 31.5 Å².